The first-order chi connectivity index (χ1) is 9.11. The van der Waals surface area contributed by atoms with Gasteiger partial charge in [-0.05, 0) is 51.7 Å². The lowest BCUT2D eigenvalue weighted by Crippen LogP contribution is -2.05. The lowest BCUT2D eigenvalue weighted by molar-refractivity contribution is 0.615. The van der Waals surface area contributed by atoms with E-state index < -0.39 is 0 Å². The standard InChI is InChI=1S/C15H12BrCl2F/c16-15-11(2-1-3-14(15)19)8-12(9-17)10-4-6-13(18)7-5-10/h1-7,12H,8-9H2. The molecule has 0 heterocycles. The van der Waals surface area contributed by atoms with Crippen molar-refractivity contribution >= 4 is 39.1 Å². The van der Waals surface area contributed by atoms with Crippen molar-refractivity contribution < 1.29 is 4.39 Å². The molecule has 0 aliphatic heterocycles. The van der Waals surface area contributed by atoms with Crippen molar-refractivity contribution in [3.05, 3.63) is 68.9 Å². The zero-order valence-electron chi connectivity index (χ0n) is 10.0. The minimum atomic E-state index is -0.248. The number of halogens is 4. The van der Waals surface area contributed by atoms with E-state index in [9.17, 15) is 4.39 Å². The lowest BCUT2D eigenvalue weighted by atomic mass is 9.93. The van der Waals surface area contributed by atoms with Crippen LogP contribution in [0, 0.1) is 5.82 Å². The average Bonchev–Trinajstić information content (AvgIpc) is 2.42. The first kappa shape index (κ1) is 14.8. The summed E-state index contributed by atoms with van der Waals surface area (Å²) in [6.45, 7) is 0. The third-order valence-electron chi connectivity index (χ3n) is 3.03. The molecule has 100 valence electrons. The van der Waals surface area contributed by atoms with Crippen molar-refractivity contribution in [1.82, 2.24) is 0 Å². The van der Waals surface area contributed by atoms with Crippen LogP contribution in [-0.2, 0) is 6.42 Å². The zero-order valence-corrected chi connectivity index (χ0v) is 13.1. The second-order valence-corrected chi connectivity index (χ2v) is 5.86. The molecule has 2 aromatic rings. The van der Waals surface area contributed by atoms with E-state index in [2.05, 4.69) is 15.9 Å². The maximum absolute atomic E-state index is 13.5. The van der Waals surface area contributed by atoms with E-state index in [0.717, 1.165) is 11.1 Å². The van der Waals surface area contributed by atoms with Gasteiger partial charge in [0.15, 0.2) is 0 Å². The molecular weight excluding hydrogens is 350 g/mol. The van der Waals surface area contributed by atoms with Crippen LogP contribution < -0.4 is 0 Å². The molecule has 1 unspecified atom stereocenters. The van der Waals surface area contributed by atoms with Crippen LogP contribution in [0.5, 0.6) is 0 Å². The Labute approximate surface area is 130 Å². The molecule has 0 nitrogen and oxygen atoms in total. The quantitative estimate of drug-likeness (QED) is 0.603. The number of rotatable bonds is 4. The summed E-state index contributed by atoms with van der Waals surface area (Å²) in [5.74, 6) is 0.365. The van der Waals surface area contributed by atoms with E-state index >= 15 is 0 Å². The Balaban J connectivity index is 2.24. The molecule has 0 aromatic heterocycles. The molecule has 0 spiro atoms. The third-order valence-corrected chi connectivity index (χ3v) is 4.54. The van der Waals surface area contributed by atoms with Crippen LogP contribution in [0.15, 0.2) is 46.9 Å². The molecule has 19 heavy (non-hydrogen) atoms. The second-order valence-electron chi connectivity index (χ2n) is 4.32. The Hall–Kier alpha value is -0.570. The smallest absolute Gasteiger partial charge is 0.137 e. The van der Waals surface area contributed by atoms with E-state index in [4.69, 9.17) is 23.2 Å². The molecule has 0 N–H and O–H groups in total. The Kier molecular flexibility index (Phi) is 5.26. The van der Waals surface area contributed by atoms with Gasteiger partial charge in [0.2, 0.25) is 0 Å². The highest BCUT2D eigenvalue weighted by Crippen LogP contribution is 2.28. The molecule has 0 amide bonds. The zero-order chi connectivity index (χ0) is 13.8. The summed E-state index contributed by atoms with van der Waals surface area (Å²) >= 11 is 15.2. The van der Waals surface area contributed by atoms with Gasteiger partial charge < -0.3 is 0 Å². The summed E-state index contributed by atoms with van der Waals surface area (Å²) in [5, 5.41) is 0.698. The maximum Gasteiger partial charge on any atom is 0.137 e. The molecule has 0 radical (unpaired) electrons. The van der Waals surface area contributed by atoms with Crippen molar-refractivity contribution in [3.8, 4) is 0 Å². The first-order valence-corrected chi connectivity index (χ1v) is 7.56. The van der Waals surface area contributed by atoms with Crippen LogP contribution in [0.1, 0.15) is 17.0 Å². The van der Waals surface area contributed by atoms with E-state index in [1.165, 1.54) is 6.07 Å². The van der Waals surface area contributed by atoms with Gasteiger partial charge in [0.25, 0.3) is 0 Å². The minimum absolute atomic E-state index is 0.136. The molecule has 0 fully saturated rings. The molecule has 1 atom stereocenters. The highest BCUT2D eigenvalue weighted by molar-refractivity contribution is 9.10. The average molecular weight is 362 g/mol. The molecule has 0 aliphatic rings. The van der Waals surface area contributed by atoms with Crippen LogP contribution >= 0.6 is 39.1 Å². The summed E-state index contributed by atoms with van der Waals surface area (Å²) in [5.41, 5.74) is 2.02. The van der Waals surface area contributed by atoms with Gasteiger partial charge in [-0.25, -0.2) is 4.39 Å². The van der Waals surface area contributed by atoms with Gasteiger partial charge in [-0.3, -0.25) is 0 Å². The van der Waals surface area contributed by atoms with Crippen molar-refractivity contribution in [2.75, 3.05) is 5.88 Å². The number of hydrogen-bond acceptors (Lipinski definition) is 0. The Morgan fingerprint density at radius 3 is 2.42 bits per heavy atom. The van der Waals surface area contributed by atoms with Gasteiger partial charge in [-0.15, -0.1) is 11.6 Å². The fourth-order valence-corrected chi connectivity index (χ4v) is 2.81. The molecular formula is C15H12BrCl2F. The van der Waals surface area contributed by atoms with E-state index in [1.54, 1.807) is 6.07 Å². The van der Waals surface area contributed by atoms with E-state index in [1.807, 2.05) is 30.3 Å². The SMILES string of the molecule is Fc1cccc(CC(CCl)c2ccc(Cl)cc2)c1Br. The molecule has 0 aliphatic carbocycles. The van der Waals surface area contributed by atoms with Gasteiger partial charge in [0, 0.05) is 16.8 Å². The summed E-state index contributed by atoms with van der Waals surface area (Å²) < 4.78 is 14.0. The predicted molar refractivity (Wildman–Crippen MR) is 82.7 cm³/mol. The van der Waals surface area contributed by atoms with E-state index in [0.29, 0.717) is 21.8 Å². The second kappa shape index (κ2) is 6.74. The molecule has 0 bridgehead atoms. The fraction of sp³-hybridized carbons (Fsp3) is 0.200. The number of hydrogen-bond donors (Lipinski definition) is 0. The molecule has 0 saturated heterocycles. The first-order valence-electron chi connectivity index (χ1n) is 5.86. The normalized spacial score (nSPS) is 12.4. The predicted octanol–water partition coefficient (Wildman–Crippen LogP) is 5.81. The lowest BCUT2D eigenvalue weighted by Gasteiger charge is -2.15. The summed E-state index contributed by atoms with van der Waals surface area (Å²) in [7, 11) is 0. The topological polar surface area (TPSA) is 0 Å². The Bertz CT molecular complexity index is 555. The minimum Gasteiger partial charge on any atom is -0.206 e. The van der Waals surface area contributed by atoms with Gasteiger partial charge >= 0.3 is 0 Å². The van der Waals surface area contributed by atoms with Crippen LogP contribution in [0.2, 0.25) is 5.02 Å². The van der Waals surface area contributed by atoms with Crippen molar-refractivity contribution in [1.29, 1.82) is 0 Å². The largest absolute Gasteiger partial charge is 0.206 e. The molecule has 4 heteroatoms. The summed E-state index contributed by atoms with van der Waals surface area (Å²) in [6.07, 6.45) is 0.684. The number of alkyl halides is 1. The maximum atomic E-state index is 13.5. The number of benzene rings is 2. The van der Waals surface area contributed by atoms with Crippen LogP contribution in [0.4, 0.5) is 4.39 Å². The van der Waals surface area contributed by atoms with Crippen LogP contribution in [0.25, 0.3) is 0 Å². The van der Waals surface area contributed by atoms with Crippen molar-refractivity contribution in [3.63, 3.8) is 0 Å². The van der Waals surface area contributed by atoms with Gasteiger partial charge in [-0.1, -0.05) is 35.9 Å². The molecule has 2 aromatic carbocycles. The van der Waals surface area contributed by atoms with Crippen molar-refractivity contribution in [2.45, 2.75) is 12.3 Å². The highest BCUT2D eigenvalue weighted by atomic mass is 79.9. The molecule has 0 saturated carbocycles. The van der Waals surface area contributed by atoms with Gasteiger partial charge in [-0.2, -0.15) is 0 Å². The van der Waals surface area contributed by atoms with Crippen molar-refractivity contribution in [2.24, 2.45) is 0 Å². The molecule has 2 rings (SSSR count). The fourth-order valence-electron chi connectivity index (χ4n) is 1.97. The van der Waals surface area contributed by atoms with Gasteiger partial charge in [0.05, 0.1) is 4.47 Å². The highest BCUT2D eigenvalue weighted by Gasteiger charge is 2.14. The Morgan fingerprint density at radius 2 is 1.79 bits per heavy atom. The third kappa shape index (κ3) is 3.71. The van der Waals surface area contributed by atoms with Gasteiger partial charge in [0.1, 0.15) is 5.82 Å². The van der Waals surface area contributed by atoms with Crippen LogP contribution in [0.3, 0.4) is 0 Å². The van der Waals surface area contributed by atoms with Crippen LogP contribution in [-0.4, -0.2) is 5.88 Å². The monoisotopic (exact) mass is 360 g/mol. The van der Waals surface area contributed by atoms with E-state index in [-0.39, 0.29) is 11.7 Å². The Morgan fingerprint density at radius 1 is 1.11 bits per heavy atom. The summed E-state index contributed by atoms with van der Waals surface area (Å²) in [4.78, 5) is 0. The summed E-state index contributed by atoms with van der Waals surface area (Å²) in [6, 6.07) is 12.7.